The van der Waals surface area contributed by atoms with Crippen molar-refractivity contribution in [1.82, 2.24) is 19.8 Å². The molecule has 0 aromatic heterocycles. The molecule has 0 radical (unpaired) electrons. The van der Waals surface area contributed by atoms with E-state index >= 15 is 0 Å². The summed E-state index contributed by atoms with van der Waals surface area (Å²) in [6, 6.07) is 0. The molecule has 180 valence electrons. The number of nitrogens with zero attached hydrogens (tertiary/aromatic N) is 4. The fraction of sp³-hybridized carbons (Fsp3) is 1.00. The van der Waals surface area contributed by atoms with E-state index in [4.69, 9.17) is 19.0 Å². The number of hydrogen-bond donors (Lipinski definition) is 3. The molecular weight excluding hydrogens is 440 g/mol. The molecule has 3 N–H and O–H groups in total. The molecule has 14 heteroatoms. The van der Waals surface area contributed by atoms with Crippen molar-refractivity contribution in [2.75, 3.05) is 96.7 Å². The molecule has 0 bridgehead atoms. The highest BCUT2D eigenvalue weighted by atomic mass is 32.2. The van der Waals surface area contributed by atoms with Gasteiger partial charge in [0.1, 0.15) is 0 Å². The third kappa shape index (κ3) is 13.8. The first-order valence-corrected chi connectivity index (χ1v) is 13.3. The van der Waals surface area contributed by atoms with Crippen molar-refractivity contribution in [2.45, 2.75) is 6.92 Å². The third-order valence-corrected chi connectivity index (χ3v) is 6.25. The zero-order chi connectivity index (χ0) is 22.6. The molecule has 0 saturated carbocycles. The van der Waals surface area contributed by atoms with Gasteiger partial charge in [0.25, 0.3) is 20.2 Å². The quantitative estimate of drug-likeness (QED) is 0.297. The topological polar surface area (TPSA) is 151 Å². The summed E-state index contributed by atoms with van der Waals surface area (Å²) in [5, 5.41) is 10.6. The SMILES string of the molecule is CCON1CCN(CCS(=O)(=O)O)CC1.O=S(=O)(O)CCN1CCN(CCO)CC1. The summed E-state index contributed by atoms with van der Waals surface area (Å²) in [5.41, 5.74) is 0. The van der Waals surface area contributed by atoms with Crippen molar-refractivity contribution in [3.63, 3.8) is 0 Å². The molecule has 0 aliphatic carbocycles. The van der Waals surface area contributed by atoms with Crippen LogP contribution in [-0.2, 0) is 25.1 Å². The summed E-state index contributed by atoms with van der Waals surface area (Å²) < 4.78 is 59.3. The van der Waals surface area contributed by atoms with Crippen LogP contribution < -0.4 is 0 Å². The van der Waals surface area contributed by atoms with Crippen molar-refractivity contribution in [2.24, 2.45) is 0 Å². The lowest BCUT2D eigenvalue weighted by Crippen LogP contribution is -2.48. The smallest absolute Gasteiger partial charge is 0.266 e. The fourth-order valence-corrected chi connectivity index (χ4v) is 4.11. The van der Waals surface area contributed by atoms with Gasteiger partial charge in [0, 0.05) is 72.0 Å². The first-order chi connectivity index (χ1) is 14.0. The van der Waals surface area contributed by atoms with E-state index in [-0.39, 0.29) is 18.1 Å². The molecule has 2 saturated heterocycles. The minimum atomic E-state index is -3.84. The second-order valence-electron chi connectivity index (χ2n) is 7.17. The van der Waals surface area contributed by atoms with E-state index in [1.54, 1.807) is 0 Å². The standard InChI is InChI=1S/2C8H18N2O4S/c11-7-5-9-1-3-10(4-2-9)6-8-15(12,13)14;1-2-14-10-5-3-9(4-6-10)7-8-15(11,12)13/h11H,1-8H2,(H,12,13,14);2-8H2,1H3,(H,11,12,13). The minimum absolute atomic E-state index is 0.158. The maximum absolute atomic E-state index is 10.5. The van der Waals surface area contributed by atoms with Crippen LogP contribution >= 0.6 is 0 Å². The van der Waals surface area contributed by atoms with Crippen LogP contribution in [-0.4, -0.2) is 148 Å². The van der Waals surface area contributed by atoms with Gasteiger partial charge in [-0.3, -0.25) is 28.6 Å². The molecular formula is C16H36N4O8S2. The van der Waals surface area contributed by atoms with Crippen LogP contribution in [0.3, 0.4) is 0 Å². The van der Waals surface area contributed by atoms with E-state index < -0.39 is 20.2 Å². The van der Waals surface area contributed by atoms with E-state index in [0.717, 1.165) is 52.4 Å². The highest BCUT2D eigenvalue weighted by molar-refractivity contribution is 7.86. The molecule has 0 aromatic carbocycles. The van der Waals surface area contributed by atoms with Gasteiger partial charge in [-0.2, -0.15) is 21.9 Å². The van der Waals surface area contributed by atoms with Crippen LogP contribution in [0.25, 0.3) is 0 Å². The van der Waals surface area contributed by atoms with E-state index in [9.17, 15) is 16.8 Å². The highest BCUT2D eigenvalue weighted by Gasteiger charge is 2.19. The predicted molar refractivity (Wildman–Crippen MR) is 112 cm³/mol. The molecule has 0 unspecified atom stereocenters. The van der Waals surface area contributed by atoms with E-state index in [2.05, 4.69) is 4.90 Å². The molecule has 0 atom stereocenters. The Morgan fingerprint density at radius 2 is 1.07 bits per heavy atom. The maximum Gasteiger partial charge on any atom is 0.266 e. The lowest BCUT2D eigenvalue weighted by Gasteiger charge is -2.33. The number of piperazine rings is 2. The van der Waals surface area contributed by atoms with Crippen molar-refractivity contribution >= 4 is 20.2 Å². The van der Waals surface area contributed by atoms with Crippen LogP contribution in [0.5, 0.6) is 0 Å². The second-order valence-corrected chi connectivity index (χ2v) is 10.3. The zero-order valence-electron chi connectivity index (χ0n) is 17.6. The lowest BCUT2D eigenvalue weighted by molar-refractivity contribution is -0.172. The normalized spacial score (nSPS) is 20.7. The number of hydrogen-bond acceptors (Lipinski definition) is 10. The molecule has 2 heterocycles. The highest BCUT2D eigenvalue weighted by Crippen LogP contribution is 2.03. The van der Waals surface area contributed by atoms with Gasteiger partial charge in [0.2, 0.25) is 0 Å². The summed E-state index contributed by atoms with van der Waals surface area (Å²) in [7, 11) is -7.68. The van der Waals surface area contributed by atoms with Crippen LogP contribution in [0.15, 0.2) is 0 Å². The number of β-amino-alcohol motifs (C(OH)–C–C–N with tert-alkyl or cyclic N) is 1. The molecule has 2 aliphatic rings. The molecule has 0 spiro atoms. The van der Waals surface area contributed by atoms with Gasteiger partial charge in [-0.1, -0.05) is 0 Å². The number of aliphatic hydroxyl groups excluding tert-OH is 1. The molecule has 0 aromatic rings. The largest absolute Gasteiger partial charge is 0.395 e. The van der Waals surface area contributed by atoms with Gasteiger partial charge >= 0.3 is 0 Å². The van der Waals surface area contributed by atoms with Gasteiger partial charge in [-0.25, -0.2) is 0 Å². The number of aliphatic hydroxyl groups is 1. The van der Waals surface area contributed by atoms with Gasteiger partial charge in [0.15, 0.2) is 0 Å². The third-order valence-electron chi connectivity index (χ3n) is 4.86. The Labute approximate surface area is 179 Å². The molecule has 30 heavy (non-hydrogen) atoms. The van der Waals surface area contributed by atoms with E-state index in [0.29, 0.717) is 26.2 Å². The minimum Gasteiger partial charge on any atom is -0.395 e. The molecule has 2 rings (SSSR count). The van der Waals surface area contributed by atoms with E-state index in [1.807, 2.05) is 21.8 Å². The summed E-state index contributed by atoms with van der Waals surface area (Å²) in [4.78, 5) is 11.4. The zero-order valence-corrected chi connectivity index (χ0v) is 19.2. The average molecular weight is 477 g/mol. The Bertz CT molecular complexity index is 603. The Morgan fingerprint density at radius 3 is 1.40 bits per heavy atom. The summed E-state index contributed by atoms with van der Waals surface area (Å²) in [6.45, 7) is 10.5. The molecule has 2 aliphatic heterocycles. The summed E-state index contributed by atoms with van der Waals surface area (Å²) >= 11 is 0. The molecule has 0 amide bonds. The van der Waals surface area contributed by atoms with Gasteiger partial charge in [0.05, 0.1) is 24.7 Å². The Balaban J connectivity index is 0.000000300. The number of hydroxylamine groups is 2. The van der Waals surface area contributed by atoms with Gasteiger partial charge in [-0.05, 0) is 6.92 Å². The Hall–Kier alpha value is -0.420. The average Bonchev–Trinajstić information content (AvgIpc) is 2.67. The fourth-order valence-electron chi connectivity index (χ4n) is 3.13. The second kappa shape index (κ2) is 13.9. The summed E-state index contributed by atoms with van der Waals surface area (Å²) in [5.74, 6) is -0.394. The lowest BCUT2D eigenvalue weighted by atomic mass is 10.3. The first kappa shape index (κ1) is 27.6. The van der Waals surface area contributed by atoms with Gasteiger partial charge < -0.3 is 5.11 Å². The number of rotatable bonds is 10. The van der Waals surface area contributed by atoms with E-state index in [1.165, 1.54) is 0 Å². The predicted octanol–water partition coefficient (Wildman–Crippen LogP) is -2.07. The summed E-state index contributed by atoms with van der Waals surface area (Å²) in [6.07, 6.45) is 0. The first-order valence-electron chi connectivity index (χ1n) is 10.1. The molecule has 12 nitrogen and oxygen atoms in total. The van der Waals surface area contributed by atoms with Crippen molar-refractivity contribution < 1.29 is 35.9 Å². The molecule has 2 fully saturated rings. The van der Waals surface area contributed by atoms with Gasteiger partial charge in [-0.15, -0.1) is 0 Å². The Morgan fingerprint density at radius 1 is 0.700 bits per heavy atom. The van der Waals surface area contributed by atoms with Crippen LogP contribution in [0, 0.1) is 0 Å². The van der Waals surface area contributed by atoms with Crippen molar-refractivity contribution in [3.8, 4) is 0 Å². The van der Waals surface area contributed by atoms with Crippen molar-refractivity contribution in [1.29, 1.82) is 0 Å². The monoisotopic (exact) mass is 476 g/mol. The maximum atomic E-state index is 10.5. The van der Waals surface area contributed by atoms with Crippen LogP contribution in [0.1, 0.15) is 6.92 Å². The Kier molecular flexibility index (Phi) is 12.8. The van der Waals surface area contributed by atoms with Crippen LogP contribution in [0.4, 0.5) is 0 Å². The van der Waals surface area contributed by atoms with Crippen LogP contribution in [0.2, 0.25) is 0 Å². The van der Waals surface area contributed by atoms with Crippen molar-refractivity contribution in [3.05, 3.63) is 0 Å².